The molecule has 1 saturated carbocycles. The summed E-state index contributed by atoms with van der Waals surface area (Å²) in [5.74, 6) is 0. The van der Waals surface area contributed by atoms with Crippen LogP contribution in [0.4, 0.5) is 0 Å². The van der Waals surface area contributed by atoms with Crippen LogP contribution in [-0.4, -0.2) is 23.9 Å². The first-order valence-corrected chi connectivity index (χ1v) is 9.22. The lowest BCUT2D eigenvalue weighted by Crippen LogP contribution is -2.39. The molecule has 0 atom stereocenters. The fraction of sp³-hybridized carbons (Fsp3) is 0.500. The summed E-state index contributed by atoms with van der Waals surface area (Å²) in [5.41, 5.74) is 0.119. The van der Waals surface area contributed by atoms with E-state index in [2.05, 4.69) is 10.1 Å². The second-order valence-electron chi connectivity index (χ2n) is 6.42. The Morgan fingerprint density at radius 1 is 1.32 bits per heavy atom. The fourth-order valence-corrected chi connectivity index (χ4v) is 4.46. The van der Waals surface area contributed by atoms with E-state index < -0.39 is 0 Å². The molecule has 1 aliphatic carbocycles. The van der Waals surface area contributed by atoms with Gasteiger partial charge < -0.3 is 0 Å². The van der Waals surface area contributed by atoms with Crippen LogP contribution in [0.5, 0.6) is 0 Å². The molecule has 25 heavy (non-hydrogen) atoms. The van der Waals surface area contributed by atoms with Crippen molar-refractivity contribution >= 4 is 21.6 Å². The SMILES string of the molecule is CCCn1c(=O)n(C2CC2)c(=O)c2c(C)c(Cn3nc[nH]c3=O)sc21. The third kappa shape index (κ3) is 2.50. The lowest BCUT2D eigenvalue weighted by atomic mass is 10.2. The van der Waals surface area contributed by atoms with E-state index in [4.69, 9.17) is 0 Å². The van der Waals surface area contributed by atoms with E-state index in [1.54, 1.807) is 4.57 Å². The molecule has 1 fully saturated rings. The van der Waals surface area contributed by atoms with Crippen molar-refractivity contribution in [1.29, 1.82) is 0 Å². The number of fused-ring (bicyclic) bond motifs is 1. The van der Waals surface area contributed by atoms with Crippen LogP contribution < -0.4 is 16.9 Å². The summed E-state index contributed by atoms with van der Waals surface area (Å²) in [7, 11) is 0. The van der Waals surface area contributed by atoms with Gasteiger partial charge in [-0.1, -0.05) is 6.92 Å². The van der Waals surface area contributed by atoms with Crippen molar-refractivity contribution in [3.63, 3.8) is 0 Å². The number of thiophene rings is 1. The lowest BCUT2D eigenvalue weighted by Gasteiger charge is -2.10. The summed E-state index contributed by atoms with van der Waals surface area (Å²) in [6.07, 6.45) is 3.91. The molecule has 4 rings (SSSR count). The van der Waals surface area contributed by atoms with Crippen molar-refractivity contribution in [3.8, 4) is 0 Å². The molecule has 0 aromatic carbocycles. The van der Waals surface area contributed by atoms with Crippen molar-refractivity contribution in [2.45, 2.75) is 52.2 Å². The molecule has 3 heterocycles. The topological polar surface area (TPSA) is 94.7 Å². The minimum Gasteiger partial charge on any atom is -0.295 e. The summed E-state index contributed by atoms with van der Waals surface area (Å²) in [6, 6.07) is 0.0317. The van der Waals surface area contributed by atoms with Gasteiger partial charge in [0.2, 0.25) is 0 Å². The highest BCUT2D eigenvalue weighted by Crippen LogP contribution is 2.34. The molecule has 1 aliphatic rings. The fourth-order valence-electron chi connectivity index (χ4n) is 3.17. The van der Waals surface area contributed by atoms with Crippen LogP contribution in [-0.2, 0) is 13.1 Å². The summed E-state index contributed by atoms with van der Waals surface area (Å²) in [4.78, 5) is 41.6. The Hall–Kier alpha value is -2.42. The Balaban J connectivity index is 1.98. The maximum absolute atomic E-state index is 13.0. The highest BCUT2D eigenvalue weighted by Gasteiger charge is 2.30. The predicted octanol–water partition coefficient (Wildman–Crippen LogP) is 1.21. The van der Waals surface area contributed by atoms with Crippen LogP contribution in [0.2, 0.25) is 0 Å². The molecule has 0 bridgehead atoms. The zero-order valence-corrected chi connectivity index (χ0v) is 14.9. The maximum Gasteiger partial charge on any atom is 0.343 e. The highest BCUT2D eigenvalue weighted by molar-refractivity contribution is 7.18. The number of hydrogen-bond acceptors (Lipinski definition) is 5. The standard InChI is InChI=1S/C16H19N5O3S/c1-3-6-19-14-12(13(22)21(16(19)24)10-4-5-10)9(2)11(25-14)7-20-15(23)17-8-18-20/h8,10H,3-7H2,1-2H3,(H,17,18,23). The van der Waals surface area contributed by atoms with E-state index in [-0.39, 0.29) is 29.5 Å². The molecule has 0 unspecified atom stereocenters. The quantitative estimate of drug-likeness (QED) is 0.739. The molecule has 9 heteroatoms. The van der Waals surface area contributed by atoms with Gasteiger partial charge >= 0.3 is 11.4 Å². The first kappa shape index (κ1) is 16.1. The molecular formula is C16H19N5O3S. The molecular weight excluding hydrogens is 342 g/mol. The number of aromatic nitrogens is 5. The van der Waals surface area contributed by atoms with Gasteiger partial charge in [0.25, 0.3) is 5.56 Å². The van der Waals surface area contributed by atoms with E-state index in [0.29, 0.717) is 16.8 Å². The van der Waals surface area contributed by atoms with Gasteiger partial charge in [-0.3, -0.25) is 18.9 Å². The van der Waals surface area contributed by atoms with Crippen LogP contribution in [0.15, 0.2) is 20.7 Å². The van der Waals surface area contributed by atoms with Gasteiger partial charge in [-0.15, -0.1) is 11.3 Å². The van der Waals surface area contributed by atoms with Gasteiger partial charge in [-0.25, -0.2) is 14.3 Å². The van der Waals surface area contributed by atoms with Crippen LogP contribution in [0, 0.1) is 6.92 Å². The number of H-pyrrole nitrogens is 1. The van der Waals surface area contributed by atoms with Crippen LogP contribution >= 0.6 is 11.3 Å². The van der Waals surface area contributed by atoms with Crippen molar-refractivity contribution in [2.24, 2.45) is 0 Å². The van der Waals surface area contributed by atoms with Gasteiger partial charge in [-0.2, -0.15) is 5.10 Å². The number of nitrogens with one attached hydrogen (secondary N) is 1. The van der Waals surface area contributed by atoms with Gasteiger partial charge in [0.1, 0.15) is 11.2 Å². The van der Waals surface area contributed by atoms with E-state index >= 15 is 0 Å². The predicted molar refractivity (Wildman–Crippen MR) is 95.6 cm³/mol. The third-order valence-electron chi connectivity index (χ3n) is 4.61. The lowest BCUT2D eigenvalue weighted by molar-refractivity contribution is 0.577. The van der Waals surface area contributed by atoms with Gasteiger partial charge in [0.15, 0.2) is 0 Å². The van der Waals surface area contributed by atoms with E-state index in [1.807, 2.05) is 13.8 Å². The minimum atomic E-state index is -0.293. The molecule has 8 nitrogen and oxygen atoms in total. The monoisotopic (exact) mass is 361 g/mol. The van der Waals surface area contributed by atoms with E-state index in [0.717, 1.165) is 29.7 Å². The third-order valence-corrected chi connectivity index (χ3v) is 5.91. The van der Waals surface area contributed by atoms with Crippen LogP contribution in [0.3, 0.4) is 0 Å². The Morgan fingerprint density at radius 2 is 2.08 bits per heavy atom. The zero-order chi connectivity index (χ0) is 17.7. The number of hydrogen-bond donors (Lipinski definition) is 1. The van der Waals surface area contributed by atoms with Crippen molar-refractivity contribution in [2.75, 3.05) is 0 Å². The highest BCUT2D eigenvalue weighted by atomic mass is 32.1. The normalized spacial score (nSPS) is 14.5. The zero-order valence-electron chi connectivity index (χ0n) is 14.1. The Labute approximate surface area is 146 Å². The summed E-state index contributed by atoms with van der Waals surface area (Å²) in [6.45, 7) is 4.75. The van der Waals surface area contributed by atoms with Crippen molar-refractivity contribution < 1.29 is 0 Å². The first-order valence-electron chi connectivity index (χ1n) is 8.40. The largest absolute Gasteiger partial charge is 0.343 e. The minimum absolute atomic E-state index is 0.0317. The Bertz CT molecular complexity index is 1130. The number of rotatable bonds is 5. The summed E-state index contributed by atoms with van der Waals surface area (Å²) in [5, 5.41) is 4.58. The average Bonchev–Trinajstić information content (AvgIpc) is 3.24. The van der Waals surface area contributed by atoms with Crippen LogP contribution in [0.1, 0.15) is 42.7 Å². The molecule has 0 spiro atoms. The molecule has 0 amide bonds. The Morgan fingerprint density at radius 3 is 2.68 bits per heavy atom. The molecule has 0 saturated heterocycles. The number of nitrogens with zero attached hydrogens (tertiary/aromatic N) is 4. The average molecular weight is 361 g/mol. The van der Waals surface area contributed by atoms with Crippen molar-refractivity contribution in [3.05, 3.63) is 48.1 Å². The van der Waals surface area contributed by atoms with Gasteiger partial charge in [0, 0.05) is 17.5 Å². The molecule has 3 aromatic rings. The second-order valence-corrected chi connectivity index (χ2v) is 7.51. The first-order chi connectivity index (χ1) is 12.0. The van der Waals surface area contributed by atoms with Crippen LogP contribution in [0.25, 0.3) is 10.2 Å². The smallest absolute Gasteiger partial charge is 0.295 e. The van der Waals surface area contributed by atoms with Gasteiger partial charge in [-0.05, 0) is 31.7 Å². The maximum atomic E-state index is 13.0. The van der Waals surface area contributed by atoms with E-state index in [1.165, 1.54) is 26.9 Å². The Kier molecular flexibility index (Phi) is 3.75. The number of aromatic amines is 1. The molecule has 3 aromatic heterocycles. The molecule has 0 radical (unpaired) electrons. The molecule has 0 aliphatic heterocycles. The molecule has 1 N–H and O–H groups in total. The summed E-state index contributed by atoms with van der Waals surface area (Å²) < 4.78 is 4.45. The molecule has 132 valence electrons. The van der Waals surface area contributed by atoms with Gasteiger partial charge in [0.05, 0.1) is 11.9 Å². The summed E-state index contributed by atoms with van der Waals surface area (Å²) >= 11 is 1.40. The van der Waals surface area contributed by atoms with E-state index in [9.17, 15) is 14.4 Å². The second kappa shape index (κ2) is 5.83. The number of aryl methyl sites for hydroxylation is 2. The van der Waals surface area contributed by atoms with Crippen molar-refractivity contribution in [1.82, 2.24) is 23.9 Å².